The number of anilines is 4. The highest BCUT2D eigenvalue weighted by Crippen LogP contribution is 2.41. The van der Waals surface area contributed by atoms with Gasteiger partial charge in [-0.05, 0) is 6.07 Å². The minimum atomic E-state index is -0.115. The zero-order valence-electron chi connectivity index (χ0n) is 15.4. The zero-order valence-corrected chi connectivity index (χ0v) is 16.1. The van der Waals surface area contributed by atoms with Gasteiger partial charge in [0, 0.05) is 30.6 Å². The van der Waals surface area contributed by atoms with Gasteiger partial charge in [0.25, 0.3) is 0 Å². The Labute approximate surface area is 166 Å². The van der Waals surface area contributed by atoms with Crippen molar-refractivity contribution < 1.29 is 14.3 Å². The van der Waals surface area contributed by atoms with Crippen LogP contribution in [-0.4, -0.2) is 40.8 Å². The Bertz CT molecular complexity index is 1050. The van der Waals surface area contributed by atoms with Crippen molar-refractivity contribution in [3.05, 3.63) is 29.4 Å². The normalized spacial score (nSPS) is 12.7. The molecule has 0 atom stereocenters. The number of carbonyl (C=O) groups is 1. The Balaban J connectivity index is 1.76. The summed E-state index contributed by atoms with van der Waals surface area (Å²) in [5, 5.41) is 13.9. The van der Waals surface area contributed by atoms with Gasteiger partial charge in [0.2, 0.25) is 5.91 Å². The Kier molecular flexibility index (Phi) is 4.82. The van der Waals surface area contributed by atoms with Gasteiger partial charge in [-0.1, -0.05) is 18.5 Å². The van der Waals surface area contributed by atoms with Crippen LogP contribution in [0.4, 0.5) is 23.0 Å². The molecule has 3 aromatic rings. The number of halogens is 1. The summed E-state index contributed by atoms with van der Waals surface area (Å²) in [6, 6.07) is 5.25. The van der Waals surface area contributed by atoms with E-state index in [-0.39, 0.29) is 5.91 Å². The summed E-state index contributed by atoms with van der Waals surface area (Å²) in [7, 11) is 1.78. The van der Waals surface area contributed by atoms with Gasteiger partial charge in [-0.25, -0.2) is 4.98 Å². The molecule has 0 spiro atoms. The SMILES string of the molecule is CCC(=O)Nc1cnn2c(NC)cc(Nc3cc(Cl)cc4c3OCCO4)nc12. The smallest absolute Gasteiger partial charge is 0.224 e. The third-order valence-electron chi connectivity index (χ3n) is 4.19. The molecule has 1 aromatic carbocycles. The predicted molar refractivity (Wildman–Crippen MR) is 107 cm³/mol. The number of amides is 1. The van der Waals surface area contributed by atoms with E-state index < -0.39 is 0 Å². The monoisotopic (exact) mass is 402 g/mol. The van der Waals surface area contributed by atoms with Crippen molar-refractivity contribution >= 4 is 46.2 Å². The van der Waals surface area contributed by atoms with Gasteiger partial charge in [-0.3, -0.25) is 4.79 Å². The fourth-order valence-corrected chi connectivity index (χ4v) is 3.09. The number of hydrogen-bond donors (Lipinski definition) is 3. The quantitative estimate of drug-likeness (QED) is 0.601. The minimum Gasteiger partial charge on any atom is -0.486 e. The molecule has 9 nitrogen and oxygen atoms in total. The second kappa shape index (κ2) is 7.43. The van der Waals surface area contributed by atoms with Crippen LogP contribution in [0.3, 0.4) is 0 Å². The molecule has 0 radical (unpaired) electrons. The van der Waals surface area contributed by atoms with E-state index in [9.17, 15) is 4.79 Å². The summed E-state index contributed by atoms with van der Waals surface area (Å²) in [6.07, 6.45) is 1.93. The molecule has 146 valence electrons. The zero-order chi connectivity index (χ0) is 19.7. The second-order valence-electron chi connectivity index (χ2n) is 6.07. The van der Waals surface area contributed by atoms with Crippen molar-refractivity contribution in [2.75, 3.05) is 36.2 Å². The first kappa shape index (κ1) is 18.2. The van der Waals surface area contributed by atoms with E-state index in [0.717, 1.165) is 0 Å². The van der Waals surface area contributed by atoms with Gasteiger partial charge in [-0.2, -0.15) is 9.61 Å². The number of rotatable bonds is 5. The molecule has 2 aromatic heterocycles. The number of nitrogens with zero attached hydrogens (tertiary/aromatic N) is 3. The number of benzene rings is 1. The van der Waals surface area contributed by atoms with Gasteiger partial charge < -0.3 is 25.4 Å². The van der Waals surface area contributed by atoms with E-state index in [1.807, 2.05) is 0 Å². The van der Waals surface area contributed by atoms with Gasteiger partial charge in [-0.15, -0.1) is 0 Å². The molecule has 1 amide bonds. The highest BCUT2D eigenvalue weighted by molar-refractivity contribution is 6.31. The molecule has 4 rings (SSSR count). The molecule has 0 saturated heterocycles. The summed E-state index contributed by atoms with van der Waals surface area (Å²) in [5.74, 6) is 2.27. The maximum Gasteiger partial charge on any atom is 0.224 e. The first-order valence-electron chi connectivity index (χ1n) is 8.81. The lowest BCUT2D eigenvalue weighted by atomic mass is 10.2. The van der Waals surface area contributed by atoms with Crippen LogP contribution >= 0.6 is 11.6 Å². The van der Waals surface area contributed by atoms with E-state index in [2.05, 4.69) is 26.0 Å². The van der Waals surface area contributed by atoms with Crippen LogP contribution in [0.2, 0.25) is 5.02 Å². The summed E-state index contributed by atoms with van der Waals surface area (Å²) in [4.78, 5) is 16.4. The number of carbonyl (C=O) groups excluding carboxylic acids is 1. The highest BCUT2D eigenvalue weighted by atomic mass is 35.5. The molecule has 0 fully saturated rings. The fourth-order valence-electron chi connectivity index (χ4n) is 2.88. The van der Waals surface area contributed by atoms with Crippen LogP contribution in [0.1, 0.15) is 13.3 Å². The highest BCUT2D eigenvalue weighted by Gasteiger charge is 2.19. The van der Waals surface area contributed by atoms with Crippen molar-refractivity contribution in [2.45, 2.75) is 13.3 Å². The molecular weight excluding hydrogens is 384 g/mol. The Morgan fingerprint density at radius 3 is 2.86 bits per heavy atom. The number of ether oxygens (including phenoxy) is 2. The number of fused-ring (bicyclic) bond motifs is 2. The number of hydrogen-bond acceptors (Lipinski definition) is 7. The predicted octanol–water partition coefficient (Wildman–Crippen LogP) is 3.29. The van der Waals surface area contributed by atoms with Crippen LogP contribution in [0.15, 0.2) is 24.4 Å². The van der Waals surface area contributed by atoms with Gasteiger partial charge in [0.1, 0.15) is 30.5 Å². The summed E-state index contributed by atoms with van der Waals surface area (Å²) >= 11 is 6.21. The standard InChI is InChI=1S/C18H19ClN6O3/c1-3-16(26)23-12-9-21-25-15(20-2)8-14(24-18(12)25)22-11-6-10(19)7-13-17(11)28-5-4-27-13/h6-9,20H,3-5H2,1-2H3,(H,22,24)(H,23,26). The fraction of sp³-hybridized carbons (Fsp3) is 0.278. The van der Waals surface area contributed by atoms with Gasteiger partial charge in [0.05, 0.1) is 11.9 Å². The molecule has 3 N–H and O–H groups in total. The van der Waals surface area contributed by atoms with E-state index >= 15 is 0 Å². The first-order valence-corrected chi connectivity index (χ1v) is 9.19. The van der Waals surface area contributed by atoms with Crippen LogP contribution in [0.5, 0.6) is 11.5 Å². The van der Waals surface area contributed by atoms with Crippen LogP contribution < -0.4 is 25.4 Å². The molecule has 10 heteroatoms. The van der Waals surface area contributed by atoms with Crippen molar-refractivity contribution in [1.29, 1.82) is 0 Å². The molecule has 1 aliphatic rings. The van der Waals surface area contributed by atoms with Crippen molar-refractivity contribution in [2.24, 2.45) is 0 Å². The third-order valence-corrected chi connectivity index (χ3v) is 4.41. The average molecular weight is 403 g/mol. The Hall–Kier alpha value is -3.20. The lowest BCUT2D eigenvalue weighted by Gasteiger charge is -2.22. The number of nitrogens with one attached hydrogen (secondary N) is 3. The molecule has 0 bridgehead atoms. The summed E-state index contributed by atoms with van der Waals surface area (Å²) < 4.78 is 13.0. The lowest BCUT2D eigenvalue weighted by molar-refractivity contribution is -0.115. The topological polar surface area (TPSA) is 102 Å². The van der Waals surface area contributed by atoms with Crippen molar-refractivity contribution in [1.82, 2.24) is 14.6 Å². The minimum absolute atomic E-state index is 0.115. The number of aromatic nitrogens is 3. The summed E-state index contributed by atoms with van der Waals surface area (Å²) in [6.45, 7) is 2.70. The van der Waals surface area contributed by atoms with Crippen LogP contribution in [0.25, 0.3) is 5.65 Å². The van der Waals surface area contributed by atoms with Crippen molar-refractivity contribution in [3.63, 3.8) is 0 Å². The molecule has 1 aliphatic heterocycles. The van der Waals surface area contributed by atoms with E-state index in [1.54, 1.807) is 42.9 Å². The maximum atomic E-state index is 11.8. The van der Waals surface area contributed by atoms with E-state index in [1.165, 1.54) is 0 Å². The molecule has 28 heavy (non-hydrogen) atoms. The summed E-state index contributed by atoms with van der Waals surface area (Å²) in [5.41, 5.74) is 1.67. The Morgan fingerprint density at radius 2 is 2.07 bits per heavy atom. The Morgan fingerprint density at radius 1 is 1.25 bits per heavy atom. The van der Waals surface area contributed by atoms with Crippen LogP contribution in [0, 0.1) is 0 Å². The van der Waals surface area contributed by atoms with E-state index in [4.69, 9.17) is 21.1 Å². The van der Waals surface area contributed by atoms with E-state index in [0.29, 0.717) is 64.8 Å². The van der Waals surface area contributed by atoms with Gasteiger partial charge in [0.15, 0.2) is 17.1 Å². The van der Waals surface area contributed by atoms with Gasteiger partial charge >= 0.3 is 0 Å². The molecular formula is C18H19ClN6O3. The lowest BCUT2D eigenvalue weighted by Crippen LogP contribution is -2.16. The van der Waals surface area contributed by atoms with Crippen LogP contribution in [-0.2, 0) is 4.79 Å². The molecule has 3 heterocycles. The largest absolute Gasteiger partial charge is 0.486 e. The van der Waals surface area contributed by atoms with Crippen molar-refractivity contribution in [3.8, 4) is 11.5 Å². The molecule has 0 aliphatic carbocycles. The first-order chi connectivity index (χ1) is 13.6. The third kappa shape index (κ3) is 3.36. The average Bonchev–Trinajstić information content (AvgIpc) is 3.09. The maximum absolute atomic E-state index is 11.8. The molecule has 0 unspecified atom stereocenters. The molecule has 0 saturated carbocycles. The second-order valence-corrected chi connectivity index (χ2v) is 6.51.